The predicted molar refractivity (Wildman–Crippen MR) is 107 cm³/mol. The molecule has 23 heavy (non-hydrogen) atoms. The van der Waals surface area contributed by atoms with Gasteiger partial charge in [-0.1, -0.05) is 66.7 Å². The SMILES string of the molecule is C(=C\c1ccccc1)/SCCCSc1cccc2ccccc12. The first-order valence-corrected chi connectivity index (χ1v) is 9.91. The van der Waals surface area contributed by atoms with Crippen molar-refractivity contribution in [3.05, 3.63) is 83.8 Å². The van der Waals surface area contributed by atoms with Gasteiger partial charge < -0.3 is 0 Å². The minimum atomic E-state index is 1.17. The summed E-state index contributed by atoms with van der Waals surface area (Å²) in [5, 5.41) is 4.91. The van der Waals surface area contributed by atoms with Gasteiger partial charge in [0.15, 0.2) is 0 Å². The summed E-state index contributed by atoms with van der Waals surface area (Å²) in [6.07, 6.45) is 3.40. The van der Waals surface area contributed by atoms with Gasteiger partial charge >= 0.3 is 0 Å². The molecule has 0 aromatic heterocycles. The van der Waals surface area contributed by atoms with Crippen LogP contribution in [0.2, 0.25) is 0 Å². The van der Waals surface area contributed by atoms with Crippen LogP contribution in [0.1, 0.15) is 12.0 Å². The molecule has 0 atom stereocenters. The number of hydrogen-bond donors (Lipinski definition) is 0. The summed E-state index contributed by atoms with van der Waals surface area (Å²) >= 11 is 3.86. The fraction of sp³-hybridized carbons (Fsp3) is 0.143. The second kappa shape index (κ2) is 8.85. The largest absolute Gasteiger partial charge is 0.134 e. The normalized spacial score (nSPS) is 11.3. The summed E-state index contributed by atoms with van der Waals surface area (Å²) in [7, 11) is 0. The van der Waals surface area contributed by atoms with Gasteiger partial charge in [0.1, 0.15) is 0 Å². The monoisotopic (exact) mass is 336 g/mol. The zero-order valence-electron chi connectivity index (χ0n) is 13.0. The summed E-state index contributed by atoms with van der Waals surface area (Å²) in [6, 6.07) is 25.7. The molecule has 0 spiro atoms. The molecule has 0 saturated carbocycles. The quantitative estimate of drug-likeness (QED) is 0.347. The summed E-state index contributed by atoms with van der Waals surface area (Å²) in [5.74, 6) is 2.33. The molecular formula is C21H20S2. The first-order valence-electron chi connectivity index (χ1n) is 7.87. The number of hydrogen-bond acceptors (Lipinski definition) is 2. The highest BCUT2D eigenvalue weighted by molar-refractivity contribution is 8.02. The van der Waals surface area contributed by atoms with E-state index in [9.17, 15) is 0 Å². The average molecular weight is 337 g/mol. The molecule has 3 rings (SSSR count). The number of thioether (sulfide) groups is 2. The van der Waals surface area contributed by atoms with E-state index in [-0.39, 0.29) is 0 Å². The van der Waals surface area contributed by atoms with Crippen LogP contribution in [-0.2, 0) is 0 Å². The lowest BCUT2D eigenvalue weighted by Crippen LogP contribution is -1.84. The lowest BCUT2D eigenvalue weighted by atomic mass is 10.1. The highest BCUT2D eigenvalue weighted by Gasteiger charge is 2.00. The van der Waals surface area contributed by atoms with Crippen molar-refractivity contribution in [2.24, 2.45) is 0 Å². The molecule has 0 aliphatic heterocycles. The third-order valence-corrected chi connectivity index (χ3v) is 5.58. The van der Waals surface area contributed by atoms with Gasteiger partial charge in [-0.05, 0) is 51.8 Å². The highest BCUT2D eigenvalue weighted by Crippen LogP contribution is 2.28. The van der Waals surface area contributed by atoms with E-state index in [2.05, 4.69) is 84.3 Å². The fourth-order valence-corrected chi connectivity index (χ4v) is 4.31. The van der Waals surface area contributed by atoms with Gasteiger partial charge in [-0.3, -0.25) is 0 Å². The molecule has 116 valence electrons. The van der Waals surface area contributed by atoms with E-state index < -0.39 is 0 Å². The molecular weight excluding hydrogens is 316 g/mol. The van der Waals surface area contributed by atoms with Crippen LogP contribution in [0.3, 0.4) is 0 Å². The molecule has 0 saturated heterocycles. The Kier molecular flexibility index (Phi) is 6.25. The molecule has 0 aliphatic carbocycles. The summed E-state index contributed by atoms with van der Waals surface area (Å²) in [4.78, 5) is 1.40. The van der Waals surface area contributed by atoms with Crippen LogP contribution in [0.4, 0.5) is 0 Å². The summed E-state index contributed by atoms with van der Waals surface area (Å²) < 4.78 is 0. The molecule has 0 heterocycles. The van der Waals surface area contributed by atoms with Gasteiger partial charge in [-0.15, -0.1) is 23.5 Å². The van der Waals surface area contributed by atoms with Crippen molar-refractivity contribution in [3.8, 4) is 0 Å². The molecule has 0 N–H and O–H groups in total. The minimum Gasteiger partial charge on any atom is -0.134 e. The zero-order chi connectivity index (χ0) is 15.7. The van der Waals surface area contributed by atoms with Crippen LogP contribution in [0.25, 0.3) is 16.8 Å². The van der Waals surface area contributed by atoms with Crippen molar-refractivity contribution in [2.75, 3.05) is 11.5 Å². The average Bonchev–Trinajstić information content (AvgIpc) is 2.62. The molecule has 0 amide bonds. The van der Waals surface area contributed by atoms with Crippen LogP contribution >= 0.6 is 23.5 Å². The number of rotatable bonds is 7. The lowest BCUT2D eigenvalue weighted by Gasteiger charge is -2.05. The van der Waals surface area contributed by atoms with Crippen LogP contribution in [0.15, 0.2) is 83.1 Å². The Hall–Kier alpha value is -1.64. The molecule has 0 bridgehead atoms. The predicted octanol–water partition coefficient (Wildman–Crippen LogP) is 6.73. The van der Waals surface area contributed by atoms with Crippen molar-refractivity contribution in [3.63, 3.8) is 0 Å². The van der Waals surface area contributed by atoms with Crippen molar-refractivity contribution < 1.29 is 0 Å². The molecule has 0 unspecified atom stereocenters. The Bertz CT molecular complexity index is 758. The van der Waals surface area contributed by atoms with Gasteiger partial charge in [0, 0.05) is 4.90 Å². The Labute approximate surface area is 147 Å². The van der Waals surface area contributed by atoms with E-state index in [1.165, 1.54) is 39.2 Å². The van der Waals surface area contributed by atoms with Crippen molar-refractivity contribution in [1.29, 1.82) is 0 Å². The maximum Gasteiger partial charge on any atom is 0.0150 e. The van der Waals surface area contributed by atoms with Crippen LogP contribution in [0, 0.1) is 0 Å². The Morgan fingerprint density at radius 2 is 1.52 bits per heavy atom. The molecule has 0 nitrogen and oxygen atoms in total. The van der Waals surface area contributed by atoms with Crippen molar-refractivity contribution in [1.82, 2.24) is 0 Å². The van der Waals surface area contributed by atoms with Gasteiger partial charge in [-0.25, -0.2) is 0 Å². The van der Waals surface area contributed by atoms with E-state index in [4.69, 9.17) is 0 Å². The van der Waals surface area contributed by atoms with Gasteiger partial charge in [0.2, 0.25) is 0 Å². The van der Waals surface area contributed by atoms with E-state index in [0.29, 0.717) is 0 Å². The third kappa shape index (κ3) is 4.92. The third-order valence-electron chi connectivity index (χ3n) is 3.57. The van der Waals surface area contributed by atoms with Crippen LogP contribution in [0.5, 0.6) is 0 Å². The Balaban J connectivity index is 1.42. The maximum atomic E-state index is 2.23. The van der Waals surface area contributed by atoms with Crippen LogP contribution in [-0.4, -0.2) is 11.5 Å². The van der Waals surface area contributed by atoms with Crippen molar-refractivity contribution in [2.45, 2.75) is 11.3 Å². The number of benzene rings is 3. The second-order valence-electron chi connectivity index (χ2n) is 5.26. The summed E-state index contributed by atoms with van der Waals surface area (Å²) in [5.41, 5.74) is 1.27. The molecule has 0 aliphatic rings. The first-order chi connectivity index (χ1) is 11.4. The van der Waals surface area contributed by atoms with E-state index >= 15 is 0 Å². The summed E-state index contributed by atoms with van der Waals surface area (Å²) in [6.45, 7) is 0. The Morgan fingerprint density at radius 3 is 2.43 bits per heavy atom. The van der Waals surface area contributed by atoms with Gasteiger partial charge in [0.25, 0.3) is 0 Å². The second-order valence-corrected chi connectivity index (χ2v) is 7.41. The Morgan fingerprint density at radius 1 is 0.739 bits per heavy atom. The smallest absolute Gasteiger partial charge is 0.0150 e. The minimum absolute atomic E-state index is 1.17. The molecule has 2 heteroatoms. The van der Waals surface area contributed by atoms with Gasteiger partial charge in [0.05, 0.1) is 0 Å². The molecule has 0 radical (unpaired) electrons. The fourth-order valence-electron chi connectivity index (χ4n) is 2.40. The van der Waals surface area contributed by atoms with Crippen molar-refractivity contribution >= 4 is 40.4 Å². The lowest BCUT2D eigenvalue weighted by molar-refractivity contribution is 1.13. The molecule has 3 aromatic carbocycles. The zero-order valence-corrected chi connectivity index (χ0v) is 14.7. The first kappa shape index (κ1) is 16.2. The standard InChI is InChI=1S/C21H20S2/c1-2-8-18(9-3-1)14-17-22-15-7-16-23-21-13-6-11-19-10-4-5-12-20(19)21/h1-6,8-14,17H,7,15-16H2/b17-14+. The van der Waals surface area contributed by atoms with E-state index in [1.54, 1.807) is 0 Å². The maximum absolute atomic E-state index is 2.23. The topological polar surface area (TPSA) is 0 Å². The van der Waals surface area contributed by atoms with E-state index in [0.717, 1.165) is 0 Å². The van der Waals surface area contributed by atoms with Crippen LogP contribution < -0.4 is 0 Å². The van der Waals surface area contributed by atoms with Gasteiger partial charge in [-0.2, -0.15) is 0 Å². The molecule has 0 fully saturated rings. The van der Waals surface area contributed by atoms with E-state index in [1.807, 2.05) is 23.5 Å². The molecule has 3 aromatic rings. The number of fused-ring (bicyclic) bond motifs is 1. The highest BCUT2D eigenvalue weighted by atomic mass is 32.2.